The molecular weight excluding hydrogens is 278 g/mol. The molecule has 0 aliphatic carbocycles. The maximum Gasteiger partial charge on any atom is 0.265 e. The van der Waals surface area contributed by atoms with E-state index in [1.807, 2.05) is 4.72 Å². The maximum absolute atomic E-state index is 12.0. The minimum Gasteiger partial charge on any atom is -0.386 e. The van der Waals surface area contributed by atoms with Gasteiger partial charge in [-0.1, -0.05) is 11.6 Å². The second-order valence-electron chi connectivity index (χ2n) is 3.07. The molecule has 0 fully saturated rings. The largest absolute Gasteiger partial charge is 0.386 e. The van der Waals surface area contributed by atoms with Gasteiger partial charge >= 0.3 is 0 Å². The molecule has 1 aromatic rings. The first-order valence-corrected chi connectivity index (χ1v) is 6.26. The van der Waals surface area contributed by atoms with Gasteiger partial charge in [-0.2, -0.15) is 0 Å². The van der Waals surface area contributed by atoms with Gasteiger partial charge in [-0.25, -0.2) is 26.9 Å². The van der Waals surface area contributed by atoms with Crippen molar-refractivity contribution in [2.75, 3.05) is 6.54 Å². The normalized spacial score (nSPS) is 13.9. The standard InChI is InChI=1S/C8H9ClF2N2O3S/c9-7-3-5(1-2-12-7)17(15,16)13-4-6(14)8(10)11/h1-3,6,8,13-14H,4H2. The molecule has 0 saturated carbocycles. The highest BCUT2D eigenvalue weighted by Gasteiger charge is 2.21. The summed E-state index contributed by atoms with van der Waals surface area (Å²) in [4.78, 5) is 3.37. The number of nitrogens with zero attached hydrogens (tertiary/aromatic N) is 1. The second kappa shape index (κ2) is 5.67. The second-order valence-corrected chi connectivity index (χ2v) is 5.22. The molecule has 1 aromatic heterocycles. The fourth-order valence-electron chi connectivity index (χ4n) is 0.919. The Kier molecular flexibility index (Phi) is 4.75. The van der Waals surface area contributed by atoms with Crippen LogP contribution in [0.25, 0.3) is 0 Å². The van der Waals surface area contributed by atoms with Gasteiger partial charge < -0.3 is 5.11 Å². The van der Waals surface area contributed by atoms with Crippen molar-refractivity contribution in [3.8, 4) is 0 Å². The van der Waals surface area contributed by atoms with Gasteiger partial charge in [-0.05, 0) is 12.1 Å². The lowest BCUT2D eigenvalue weighted by Gasteiger charge is -2.11. The van der Waals surface area contributed by atoms with Crippen molar-refractivity contribution in [1.82, 2.24) is 9.71 Å². The molecule has 96 valence electrons. The zero-order valence-electron chi connectivity index (χ0n) is 8.35. The molecule has 0 saturated heterocycles. The van der Waals surface area contributed by atoms with Crippen LogP contribution < -0.4 is 4.72 Å². The molecule has 0 radical (unpaired) electrons. The first-order chi connectivity index (χ1) is 7.83. The van der Waals surface area contributed by atoms with Crippen molar-refractivity contribution < 1.29 is 22.3 Å². The zero-order valence-corrected chi connectivity index (χ0v) is 9.92. The molecule has 0 aliphatic rings. The Morgan fingerprint density at radius 3 is 2.71 bits per heavy atom. The molecule has 0 spiro atoms. The quantitative estimate of drug-likeness (QED) is 0.779. The van der Waals surface area contributed by atoms with E-state index in [2.05, 4.69) is 4.98 Å². The summed E-state index contributed by atoms with van der Waals surface area (Å²) in [6.07, 6.45) is -3.90. The first-order valence-electron chi connectivity index (χ1n) is 4.40. The van der Waals surface area contributed by atoms with Crippen LogP contribution >= 0.6 is 11.6 Å². The van der Waals surface area contributed by atoms with Gasteiger partial charge in [0.1, 0.15) is 11.3 Å². The zero-order chi connectivity index (χ0) is 13.1. The number of hydrogen-bond acceptors (Lipinski definition) is 4. The van der Waals surface area contributed by atoms with Gasteiger partial charge in [0.2, 0.25) is 10.0 Å². The maximum atomic E-state index is 12.0. The van der Waals surface area contributed by atoms with E-state index in [0.29, 0.717) is 0 Å². The summed E-state index contributed by atoms with van der Waals surface area (Å²) in [5.41, 5.74) is 0. The van der Waals surface area contributed by atoms with Gasteiger partial charge in [0.15, 0.2) is 0 Å². The highest BCUT2D eigenvalue weighted by molar-refractivity contribution is 7.89. The van der Waals surface area contributed by atoms with Crippen LogP contribution in [0.5, 0.6) is 0 Å². The lowest BCUT2D eigenvalue weighted by molar-refractivity contribution is -0.000451. The SMILES string of the molecule is O=S(=O)(NCC(O)C(F)F)c1ccnc(Cl)c1. The van der Waals surface area contributed by atoms with Crippen LogP contribution in [0.4, 0.5) is 8.78 Å². The van der Waals surface area contributed by atoms with Crippen LogP contribution in [0.3, 0.4) is 0 Å². The minimum atomic E-state index is -3.98. The highest BCUT2D eigenvalue weighted by Crippen LogP contribution is 2.12. The molecule has 0 amide bonds. The third-order valence-corrected chi connectivity index (χ3v) is 3.41. The van der Waals surface area contributed by atoms with E-state index in [1.54, 1.807) is 0 Å². The van der Waals surface area contributed by atoms with E-state index in [1.165, 1.54) is 6.20 Å². The Bertz CT molecular complexity index is 483. The molecule has 0 aliphatic heterocycles. The minimum absolute atomic E-state index is 0.0396. The summed E-state index contributed by atoms with van der Waals surface area (Å²) in [6, 6.07) is 2.22. The Balaban J connectivity index is 2.76. The van der Waals surface area contributed by atoms with Crippen molar-refractivity contribution in [2.45, 2.75) is 17.4 Å². The number of halogens is 3. The molecule has 9 heteroatoms. The van der Waals surface area contributed by atoms with Crippen LogP contribution in [-0.2, 0) is 10.0 Å². The predicted octanol–water partition coefficient (Wildman–Crippen LogP) is 0.639. The van der Waals surface area contributed by atoms with Crippen molar-refractivity contribution >= 4 is 21.6 Å². The number of aromatic nitrogens is 1. The van der Waals surface area contributed by atoms with Gasteiger partial charge in [0.25, 0.3) is 6.43 Å². The molecule has 1 atom stereocenters. The smallest absolute Gasteiger partial charge is 0.265 e. The number of pyridine rings is 1. The topological polar surface area (TPSA) is 79.3 Å². The highest BCUT2D eigenvalue weighted by atomic mass is 35.5. The number of aliphatic hydroxyl groups is 1. The van der Waals surface area contributed by atoms with Crippen molar-refractivity contribution in [1.29, 1.82) is 0 Å². The fourth-order valence-corrected chi connectivity index (χ4v) is 2.22. The molecule has 0 bridgehead atoms. The van der Waals surface area contributed by atoms with E-state index >= 15 is 0 Å². The van der Waals surface area contributed by atoms with Crippen LogP contribution in [0.2, 0.25) is 5.15 Å². The number of alkyl halides is 2. The van der Waals surface area contributed by atoms with Crippen molar-refractivity contribution in [3.05, 3.63) is 23.5 Å². The van der Waals surface area contributed by atoms with E-state index in [-0.39, 0.29) is 10.0 Å². The number of rotatable bonds is 5. The number of aliphatic hydroxyl groups excluding tert-OH is 1. The average Bonchev–Trinajstić information content (AvgIpc) is 2.26. The predicted molar refractivity (Wildman–Crippen MR) is 56.4 cm³/mol. The van der Waals surface area contributed by atoms with Gasteiger partial charge in [0, 0.05) is 12.7 Å². The molecule has 5 nitrogen and oxygen atoms in total. The Morgan fingerprint density at radius 2 is 2.18 bits per heavy atom. The molecule has 17 heavy (non-hydrogen) atoms. The van der Waals surface area contributed by atoms with Gasteiger partial charge in [-0.15, -0.1) is 0 Å². The Labute approximate surface area is 101 Å². The van der Waals surface area contributed by atoms with Crippen molar-refractivity contribution in [3.63, 3.8) is 0 Å². The lowest BCUT2D eigenvalue weighted by Crippen LogP contribution is -2.35. The molecule has 1 rings (SSSR count). The molecule has 1 heterocycles. The van der Waals surface area contributed by atoms with E-state index in [9.17, 15) is 17.2 Å². The summed E-state index contributed by atoms with van der Waals surface area (Å²) < 4.78 is 48.9. The third-order valence-electron chi connectivity index (χ3n) is 1.78. The monoisotopic (exact) mass is 286 g/mol. The Hall–Kier alpha value is -0.830. The third kappa shape index (κ3) is 4.15. The first kappa shape index (κ1) is 14.2. The molecule has 1 unspecified atom stereocenters. The van der Waals surface area contributed by atoms with E-state index in [4.69, 9.17) is 16.7 Å². The molecule has 0 aromatic carbocycles. The van der Waals surface area contributed by atoms with Crippen molar-refractivity contribution in [2.24, 2.45) is 0 Å². The number of nitrogens with one attached hydrogen (secondary N) is 1. The number of hydrogen-bond donors (Lipinski definition) is 2. The van der Waals surface area contributed by atoms with Crippen LogP contribution in [0, 0.1) is 0 Å². The summed E-state index contributed by atoms with van der Waals surface area (Å²) in [5, 5.41) is 8.74. The van der Waals surface area contributed by atoms with Crippen LogP contribution in [0.1, 0.15) is 0 Å². The molecule has 2 N–H and O–H groups in total. The summed E-state index contributed by atoms with van der Waals surface area (Å²) in [6.45, 7) is -0.778. The summed E-state index contributed by atoms with van der Waals surface area (Å²) >= 11 is 5.49. The fraction of sp³-hybridized carbons (Fsp3) is 0.375. The van der Waals surface area contributed by atoms with E-state index < -0.39 is 29.1 Å². The average molecular weight is 287 g/mol. The summed E-state index contributed by atoms with van der Waals surface area (Å²) in [5.74, 6) is 0. The molecular formula is C8H9ClF2N2O3S. The van der Waals surface area contributed by atoms with E-state index in [0.717, 1.165) is 12.1 Å². The Morgan fingerprint density at radius 1 is 1.53 bits per heavy atom. The van der Waals surface area contributed by atoms with Crippen LogP contribution in [-0.4, -0.2) is 37.6 Å². The lowest BCUT2D eigenvalue weighted by atomic mass is 10.4. The van der Waals surface area contributed by atoms with Gasteiger partial charge in [0.05, 0.1) is 4.90 Å². The summed E-state index contributed by atoms with van der Waals surface area (Å²) in [7, 11) is -3.98. The number of sulfonamides is 1. The van der Waals surface area contributed by atoms with Gasteiger partial charge in [-0.3, -0.25) is 0 Å². The van der Waals surface area contributed by atoms with Crippen LogP contribution in [0.15, 0.2) is 23.2 Å².